The van der Waals surface area contributed by atoms with Crippen LogP contribution in [-0.4, -0.2) is 30.9 Å². The minimum absolute atomic E-state index is 0.267. The zero-order chi connectivity index (χ0) is 15.6. The van der Waals surface area contributed by atoms with Crippen LogP contribution in [0.5, 0.6) is 5.75 Å². The summed E-state index contributed by atoms with van der Waals surface area (Å²) in [4.78, 5) is 19.4. The first-order valence-electron chi connectivity index (χ1n) is 6.71. The predicted molar refractivity (Wildman–Crippen MR) is 84.6 cm³/mol. The van der Waals surface area contributed by atoms with E-state index in [1.165, 1.54) is 13.2 Å². The number of methoxy groups -OCH3 is 1. The highest BCUT2D eigenvalue weighted by atomic mass is 16.5. The van der Waals surface area contributed by atoms with Crippen molar-refractivity contribution in [3.05, 3.63) is 66.4 Å². The highest BCUT2D eigenvalue weighted by Gasteiger charge is 2.00. The number of carbonyl (C=O) groups is 1. The number of para-hydroxylation sites is 1. The molecule has 0 aliphatic carbocycles. The van der Waals surface area contributed by atoms with Crippen molar-refractivity contribution in [2.45, 2.75) is 0 Å². The van der Waals surface area contributed by atoms with E-state index in [-0.39, 0.29) is 6.61 Å². The molecule has 0 spiro atoms. The van der Waals surface area contributed by atoms with Gasteiger partial charge in [0.1, 0.15) is 12.4 Å². The summed E-state index contributed by atoms with van der Waals surface area (Å²) in [5.74, 6) is 0.896. The second-order valence-corrected chi connectivity index (χ2v) is 4.22. The van der Waals surface area contributed by atoms with Crippen LogP contribution >= 0.6 is 0 Å². The van der Waals surface area contributed by atoms with E-state index in [9.17, 15) is 4.79 Å². The van der Waals surface area contributed by atoms with Crippen LogP contribution in [0.4, 0.5) is 5.82 Å². The molecule has 5 heteroatoms. The Bertz CT molecular complexity index is 667. The summed E-state index contributed by atoms with van der Waals surface area (Å²) in [6.45, 7) is 0.267. The molecule has 0 saturated carbocycles. The molecule has 0 radical (unpaired) electrons. The van der Waals surface area contributed by atoms with E-state index in [1.807, 2.05) is 42.5 Å². The average molecular weight is 296 g/mol. The molecule has 1 aromatic heterocycles. The summed E-state index contributed by atoms with van der Waals surface area (Å²) < 4.78 is 10.1. The molecule has 0 fully saturated rings. The van der Waals surface area contributed by atoms with Crippen LogP contribution in [0.2, 0.25) is 0 Å². The maximum Gasteiger partial charge on any atom is 0.330 e. The van der Waals surface area contributed by atoms with Crippen molar-refractivity contribution >= 4 is 18.0 Å². The normalized spacial score (nSPS) is 11.0. The molecule has 0 aliphatic heterocycles. The van der Waals surface area contributed by atoms with E-state index < -0.39 is 5.97 Å². The Hall–Kier alpha value is -2.95. The van der Waals surface area contributed by atoms with E-state index in [4.69, 9.17) is 4.74 Å². The van der Waals surface area contributed by atoms with E-state index in [0.717, 1.165) is 5.56 Å². The summed E-state index contributed by atoms with van der Waals surface area (Å²) in [5.41, 5.74) is 0.833. The van der Waals surface area contributed by atoms with E-state index in [0.29, 0.717) is 11.6 Å². The quantitative estimate of drug-likeness (QED) is 0.467. The number of nitrogens with zero attached hydrogens (tertiary/aromatic N) is 2. The van der Waals surface area contributed by atoms with Gasteiger partial charge in [-0.1, -0.05) is 18.2 Å². The Morgan fingerprint density at radius 2 is 2.05 bits per heavy atom. The van der Waals surface area contributed by atoms with Crippen LogP contribution < -0.4 is 4.74 Å². The summed E-state index contributed by atoms with van der Waals surface area (Å²) in [6.07, 6.45) is 6.30. The van der Waals surface area contributed by atoms with Gasteiger partial charge < -0.3 is 9.47 Å². The first-order chi connectivity index (χ1) is 10.8. The Labute approximate surface area is 128 Å². The van der Waals surface area contributed by atoms with Crippen LogP contribution in [0.25, 0.3) is 0 Å². The molecule has 1 aromatic carbocycles. The molecule has 0 saturated heterocycles. The minimum atomic E-state index is -0.409. The summed E-state index contributed by atoms with van der Waals surface area (Å²) >= 11 is 0. The number of ether oxygens (including phenoxy) is 2. The number of esters is 1. The van der Waals surface area contributed by atoms with E-state index >= 15 is 0 Å². The van der Waals surface area contributed by atoms with Crippen molar-refractivity contribution in [3.8, 4) is 5.75 Å². The van der Waals surface area contributed by atoms with Crippen molar-refractivity contribution in [1.29, 1.82) is 0 Å². The maximum absolute atomic E-state index is 11.0. The maximum atomic E-state index is 11.0. The third-order valence-electron chi connectivity index (χ3n) is 2.69. The van der Waals surface area contributed by atoms with Gasteiger partial charge in [0.2, 0.25) is 0 Å². The molecule has 0 bridgehead atoms. The SMILES string of the molecule is COC(=O)/C=C/COc1ccccc1/C=N/c1ccccn1. The summed E-state index contributed by atoms with van der Waals surface area (Å²) in [7, 11) is 1.33. The number of hydrogen-bond acceptors (Lipinski definition) is 5. The molecule has 0 aliphatic rings. The number of hydrogen-bond donors (Lipinski definition) is 0. The number of rotatable bonds is 6. The molecule has 0 amide bonds. The van der Waals surface area contributed by atoms with E-state index in [2.05, 4.69) is 14.7 Å². The van der Waals surface area contributed by atoms with Crippen molar-refractivity contribution in [1.82, 2.24) is 4.98 Å². The molecular weight excluding hydrogens is 280 g/mol. The fourth-order valence-electron chi connectivity index (χ4n) is 1.63. The number of aliphatic imine (C=N–C) groups is 1. The van der Waals surface area contributed by atoms with Gasteiger partial charge in [0, 0.05) is 24.1 Å². The zero-order valence-electron chi connectivity index (χ0n) is 12.2. The fraction of sp³-hybridized carbons (Fsp3) is 0.118. The lowest BCUT2D eigenvalue weighted by Gasteiger charge is -2.06. The highest BCUT2D eigenvalue weighted by molar-refractivity contribution is 5.85. The van der Waals surface area contributed by atoms with Gasteiger partial charge in [-0.15, -0.1) is 0 Å². The first kappa shape index (κ1) is 15.4. The molecule has 112 valence electrons. The van der Waals surface area contributed by atoms with Crippen molar-refractivity contribution in [2.24, 2.45) is 4.99 Å². The monoisotopic (exact) mass is 296 g/mol. The standard InChI is InChI=1S/C17H16N2O3/c1-21-17(20)10-6-12-22-15-8-3-2-7-14(15)13-19-16-9-4-5-11-18-16/h2-11,13H,12H2,1H3/b10-6+,19-13+. The van der Waals surface area contributed by atoms with Crippen LogP contribution in [0.1, 0.15) is 5.56 Å². The van der Waals surface area contributed by atoms with Gasteiger partial charge >= 0.3 is 5.97 Å². The molecule has 0 unspecified atom stereocenters. The fourth-order valence-corrected chi connectivity index (χ4v) is 1.63. The molecule has 22 heavy (non-hydrogen) atoms. The predicted octanol–water partition coefficient (Wildman–Crippen LogP) is 2.94. The smallest absolute Gasteiger partial charge is 0.330 e. The third kappa shape index (κ3) is 4.86. The van der Waals surface area contributed by atoms with Crippen molar-refractivity contribution in [3.63, 3.8) is 0 Å². The summed E-state index contributed by atoms with van der Waals surface area (Å²) in [5, 5.41) is 0. The average Bonchev–Trinajstić information content (AvgIpc) is 2.58. The largest absolute Gasteiger partial charge is 0.489 e. The Kier molecular flexibility index (Phi) is 5.87. The number of benzene rings is 1. The van der Waals surface area contributed by atoms with Crippen LogP contribution in [0.3, 0.4) is 0 Å². The Morgan fingerprint density at radius 3 is 2.82 bits per heavy atom. The molecule has 5 nitrogen and oxygen atoms in total. The molecule has 0 N–H and O–H groups in total. The Balaban J connectivity index is 2.02. The minimum Gasteiger partial charge on any atom is -0.489 e. The molecule has 0 atom stereocenters. The van der Waals surface area contributed by atoms with Crippen LogP contribution in [0, 0.1) is 0 Å². The third-order valence-corrected chi connectivity index (χ3v) is 2.69. The molecule has 2 aromatic rings. The van der Waals surface area contributed by atoms with Gasteiger partial charge in [0.25, 0.3) is 0 Å². The lowest BCUT2D eigenvalue weighted by Crippen LogP contribution is -1.99. The van der Waals surface area contributed by atoms with Gasteiger partial charge in [-0.25, -0.2) is 14.8 Å². The molecular formula is C17H16N2O3. The van der Waals surface area contributed by atoms with E-state index in [1.54, 1.807) is 18.5 Å². The van der Waals surface area contributed by atoms with Gasteiger partial charge in [0.05, 0.1) is 7.11 Å². The highest BCUT2D eigenvalue weighted by Crippen LogP contribution is 2.17. The van der Waals surface area contributed by atoms with Gasteiger partial charge in [-0.05, 0) is 30.3 Å². The van der Waals surface area contributed by atoms with Gasteiger partial charge in [0.15, 0.2) is 5.82 Å². The molecule has 1 heterocycles. The summed E-state index contributed by atoms with van der Waals surface area (Å²) in [6, 6.07) is 13.0. The van der Waals surface area contributed by atoms with Crippen molar-refractivity contribution in [2.75, 3.05) is 13.7 Å². The van der Waals surface area contributed by atoms with Crippen LogP contribution in [0.15, 0.2) is 65.8 Å². The second-order valence-electron chi connectivity index (χ2n) is 4.22. The number of aromatic nitrogens is 1. The lowest BCUT2D eigenvalue weighted by molar-refractivity contribution is -0.134. The molecule has 2 rings (SSSR count). The van der Waals surface area contributed by atoms with Crippen LogP contribution in [-0.2, 0) is 9.53 Å². The topological polar surface area (TPSA) is 60.8 Å². The van der Waals surface area contributed by atoms with Gasteiger partial charge in [-0.2, -0.15) is 0 Å². The Morgan fingerprint density at radius 1 is 1.23 bits per heavy atom. The first-order valence-corrected chi connectivity index (χ1v) is 6.71. The van der Waals surface area contributed by atoms with Gasteiger partial charge in [-0.3, -0.25) is 0 Å². The second kappa shape index (κ2) is 8.36. The zero-order valence-corrected chi connectivity index (χ0v) is 12.2. The lowest BCUT2D eigenvalue weighted by atomic mass is 10.2. The van der Waals surface area contributed by atoms with Crippen molar-refractivity contribution < 1.29 is 14.3 Å². The number of carbonyl (C=O) groups excluding carboxylic acids is 1. The number of pyridine rings is 1.